The first kappa shape index (κ1) is 30.8. The quantitative estimate of drug-likeness (QED) is 0.200. The lowest BCUT2D eigenvalue weighted by atomic mass is 9.96. The highest BCUT2D eigenvalue weighted by atomic mass is 32.1. The number of carbonyl (C=O) groups excluding carboxylic acids is 1. The van der Waals surface area contributed by atoms with Crippen molar-refractivity contribution in [2.45, 2.75) is 39.8 Å². The molecule has 3 heterocycles. The number of aromatic nitrogens is 3. The highest BCUT2D eigenvalue weighted by Crippen LogP contribution is 2.32. The minimum Gasteiger partial charge on any atom is -0.497 e. The number of para-hydroxylation sites is 1. The SMILES string of the molecule is CCOc1ccc(-c2nn(-c3ccccc3)cc2C=c2sc3n(c2=O)C(c2ccc(OC)cc2)C(C(=O)OC(C)C)=C(C)N=3)cc1. The molecule has 1 atom stereocenters. The largest absolute Gasteiger partial charge is 0.497 e. The van der Waals surface area contributed by atoms with Gasteiger partial charge in [-0.15, -0.1) is 0 Å². The summed E-state index contributed by atoms with van der Waals surface area (Å²) in [4.78, 5) is 33.0. The zero-order chi connectivity index (χ0) is 32.4. The summed E-state index contributed by atoms with van der Waals surface area (Å²) in [6, 6.07) is 24.2. The van der Waals surface area contributed by atoms with Crippen molar-refractivity contribution in [2.75, 3.05) is 13.7 Å². The van der Waals surface area contributed by atoms with E-state index in [0.29, 0.717) is 38.7 Å². The summed E-state index contributed by atoms with van der Waals surface area (Å²) < 4.78 is 20.5. The summed E-state index contributed by atoms with van der Waals surface area (Å²) in [6.45, 7) is 7.88. The number of carbonyl (C=O) groups is 1. The van der Waals surface area contributed by atoms with Crippen molar-refractivity contribution in [3.05, 3.63) is 127 Å². The van der Waals surface area contributed by atoms with Gasteiger partial charge < -0.3 is 14.2 Å². The lowest BCUT2D eigenvalue weighted by Gasteiger charge is -2.25. The monoisotopic (exact) mass is 634 g/mol. The topological polar surface area (TPSA) is 96.9 Å². The van der Waals surface area contributed by atoms with Gasteiger partial charge in [0, 0.05) is 17.3 Å². The molecule has 6 rings (SSSR count). The van der Waals surface area contributed by atoms with Gasteiger partial charge in [-0.05, 0) is 87.9 Å². The molecule has 1 aliphatic rings. The molecule has 0 N–H and O–H groups in total. The van der Waals surface area contributed by atoms with Gasteiger partial charge in [-0.3, -0.25) is 9.36 Å². The Morgan fingerprint density at radius 1 is 1.00 bits per heavy atom. The molecular weight excluding hydrogens is 600 g/mol. The molecule has 9 nitrogen and oxygen atoms in total. The summed E-state index contributed by atoms with van der Waals surface area (Å²) in [5.41, 5.74) is 4.54. The first-order valence-corrected chi connectivity index (χ1v) is 15.8. The maximum atomic E-state index is 14.3. The molecule has 1 unspecified atom stereocenters. The van der Waals surface area contributed by atoms with Crippen molar-refractivity contribution in [3.63, 3.8) is 0 Å². The average molecular weight is 635 g/mol. The van der Waals surface area contributed by atoms with Gasteiger partial charge in [-0.2, -0.15) is 5.10 Å². The number of benzene rings is 3. The van der Waals surface area contributed by atoms with Crippen molar-refractivity contribution in [3.8, 4) is 28.4 Å². The number of fused-ring (bicyclic) bond motifs is 1. The average Bonchev–Trinajstić information content (AvgIpc) is 3.61. The van der Waals surface area contributed by atoms with Crippen molar-refractivity contribution in [1.82, 2.24) is 14.3 Å². The van der Waals surface area contributed by atoms with Crippen molar-refractivity contribution in [2.24, 2.45) is 4.99 Å². The van der Waals surface area contributed by atoms with Gasteiger partial charge in [0.15, 0.2) is 4.80 Å². The lowest BCUT2D eigenvalue weighted by molar-refractivity contribution is -0.143. The van der Waals surface area contributed by atoms with Crippen molar-refractivity contribution in [1.29, 1.82) is 0 Å². The zero-order valence-electron chi connectivity index (χ0n) is 26.3. The second-order valence-electron chi connectivity index (χ2n) is 11.0. The molecule has 0 saturated heterocycles. The number of rotatable bonds is 9. The van der Waals surface area contributed by atoms with E-state index in [4.69, 9.17) is 24.3 Å². The fourth-order valence-corrected chi connectivity index (χ4v) is 6.45. The molecule has 0 amide bonds. The molecule has 0 bridgehead atoms. The minimum atomic E-state index is -0.729. The maximum Gasteiger partial charge on any atom is 0.338 e. The van der Waals surface area contributed by atoms with Crippen LogP contribution in [0.25, 0.3) is 23.0 Å². The maximum absolute atomic E-state index is 14.3. The molecule has 0 fully saturated rings. The van der Waals surface area contributed by atoms with Crippen molar-refractivity contribution < 1.29 is 19.0 Å². The second-order valence-corrected chi connectivity index (χ2v) is 12.0. The van der Waals surface area contributed by atoms with Crippen LogP contribution in [-0.2, 0) is 9.53 Å². The molecule has 0 radical (unpaired) electrons. The molecule has 0 spiro atoms. The summed E-state index contributed by atoms with van der Waals surface area (Å²) in [6.07, 6.45) is 3.42. The van der Waals surface area contributed by atoms with Crippen LogP contribution in [0.4, 0.5) is 0 Å². The standard InChI is InChI=1S/C36H34N4O5S/c1-6-44-29-18-12-24(13-19-29)32-26(21-39(38-32)27-10-8-7-9-11-27)20-30-34(41)40-33(25-14-16-28(43-5)17-15-25)31(35(42)45-22(2)3)23(4)37-36(40)46-30/h7-22,33H,6H2,1-5H3. The zero-order valence-corrected chi connectivity index (χ0v) is 27.1. The third kappa shape index (κ3) is 6.03. The molecule has 5 aromatic rings. The van der Waals surface area contributed by atoms with Crippen LogP contribution in [0.15, 0.2) is 106 Å². The number of esters is 1. The smallest absolute Gasteiger partial charge is 0.338 e. The molecular formula is C36H34N4O5S. The Hall–Kier alpha value is -5.22. The van der Waals surface area contributed by atoms with E-state index in [1.807, 2.05) is 98.1 Å². The second kappa shape index (κ2) is 13.0. The van der Waals surface area contributed by atoms with Crippen LogP contribution in [0, 0.1) is 0 Å². The molecule has 0 saturated carbocycles. The Morgan fingerprint density at radius 3 is 2.35 bits per heavy atom. The summed E-state index contributed by atoms with van der Waals surface area (Å²) in [5, 5.41) is 4.92. The van der Waals surface area contributed by atoms with Crippen LogP contribution in [0.3, 0.4) is 0 Å². The van der Waals surface area contributed by atoms with Crippen molar-refractivity contribution >= 4 is 23.4 Å². The Kier molecular flexibility index (Phi) is 8.72. The number of methoxy groups -OCH3 is 1. The summed E-state index contributed by atoms with van der Waals surface area (Å²) in [7, 11) is 1.59. The number of thiazole rings is 1. The van der Waals surface area contributed by atoms with E-state index in [0.717, 1.165) is 28.1 Å². The predicted molar refractivity (Wildman–Crippen MR) is 178 cm³/mol. The third-order valence-corrected chi connectivity index (χ3v) is 8.49. The highest BCUT2D eigenvalue weighted by Gasteiger charge is 2.34. The van der Waals surface area contributed by atoms with E-state index in [9.17, 15) is 9.59 Å². The number of hydrogen-bond acceptors (Lipinski definition) is 8. The lowest BCUT2D eigenvalue weighted by Crippen LogP contribution is -2.40. The summed E-state index contributed by atoms with van der Waals surface area (Å²) >= 11 is 1.27. The Morgan fingerprint density at radius 2 is 1.70 bits per heavy atom. The van der Waals surface area contributed by atoms with E-state index in [1.165, 1.54) is 11.3 Å². The Bertz CT molecular complexity index is 2090. The van der Waals surface area contributed by atoms with Crippen LogP contribution in [0.5, 0.6) is 11.5 Å². The first-order chi connectivity index (χ1) is 22.3. The van der Waals surface area contributed by atoms with E-state index in [-0.39, 0.29) is 11.7 Å². The van der Waals surface area contributed by atoms with Crippen LogP contribution in [-0.4, -0.2) is 40.1 Å². The number of allylic oxidation sites excluding steroid dienone is 1. The third-order valence-electron chi connectivity index (χ3n) is 7.50. The molecule has 0 aliphatic carbocycles. The van der Waals surface area contributed by atoms with E-state index in [2.05, 4.69) is 0 Å². The molecule has 3 aromatic carbocycles. The van der Waals surface area contributed by atoms with Crippen LogP contribution in [0.2, 0.25) is 0 Å². The minimum absolute atomic E-state index is 0.267. The highest BCUT2D eigenvalue weighted by molar-refractivity contribution is 7.07. The molecule has 46 heavy (non-hydrogen) atoms. The number of ether oxygens (including phenoxy) is 3. The first-order valence-electron chi connectivity index (χ1n) is 15.0. The van der Waals surface area contributed by atoms with Gasteiger partial charge in [-0.1, -0.05) is 41.7 Å². The van der Waals surface area contributed by atoms with Gasteiger partial charge in [0.25, 0.3) is 5.56 Å². The van der Waals surface area contributed by atoms with Gasteiger partial charge >= 0.3 is 5.97 Å². The number of hydrogen-bond donors (Lipinski definition) is 0. The van der Waals surface area contributed by atoms with E-state index in [1.54, 1.807) is 37.1 Å². The van der Waals surface area contributed by atoms with Gasteiger partial charge in [0.1, 0.15) is 17.2 Å². The number of nitrogens with zero attached hydrogens (tertiary/aromatic N) is 4. The normalized spacial score (nSPS) is 14.7. The van der Waals surface area contributed by atoms with Gasteiger partial charge in [-0.25, -0.2) is 14.5 Å². The van der Waals surface area contributed by atoms with Gasteiger partial charge in [0.2, 0.25) is 0 Å². The summed E-state index contributed by atoms with van der Waals surface area (Å²) in [5.74, 6) is 0.929. The molecule has 10 heteroatoms. The molecule has 1 aliphatic heterocycles. The fraction of sp³-hybridized carbons (Fsp3) is 0.222. The van der Waals surface area contributed by atoms with Gasteiger partial charge in [0.05, 0.1) is 47.4 Å². The van der Waals surface area contributed by atoms with Crippen LogP contribution < -0.4 is 24.4 Å². The predicted octanol–water partition coefficient (Wildman–Crippen LogP) is 5.45. The fourth-order valence-electron chi connectivity index (χ4n) is 5.41. The van der Waals surface area contributed by atoms with Crippen LogP contribution >= 0.6 is 11.3 Å². The Labute approximate surface area is 270 Å². The molecule has 2 aromatic heterocycles. The molecule has 234 valence electrons. The van der Waals surface area contributed by atoms with E-state index < -0.39 is 12.0 Å². The van der Waals surface area contributed by atoms with Crippen LogP contribution in [0.1, 0.15) is 44.9 Å². The Balaban J connectivity index is 1.53. The van der Waals surface area contributed by atoms with E-state index >= 15 is 0 Å².